The van der Waals surface area contributed by atoms with E-state index in [9.17, 15) is 8.42 Å². The molecule has 0 amide bonds. The van der Waals surface area contributed by atoms with Crippen LogP contribution in [0.2, 0.25) is 0 Å². The number of sulfonamides is 1. The summed E-state index contributed by atoms with van der Waals surface area (Å²) in [6.07, 6.45) is 4.36. The lowest BCUT2D eigenvalue weighted by Crippen LogP contribution is -2.13. The van der Waals surface area contributed by atoms with E-state index in [1.807, 2.05) is 0 Å². The Kier molecular flexibility index (Phi) is 2.63. The number of rotatable bonds is 3. The predicted octanol–water partition coefficient (Wildman–Crippen LogP) is 1.46. The van der Waals surface area contributed by atoms with Gasteiger partial charge in [0.15, 0.2) is 10.2 Å². The molecule has 1 aliphatic rings. The van der Waals surface area contributed by atoms with Gasteiger partial charge >= 0.3 is 0 Å². The average Bonchev–Trinajstić information content (AvgIpc) is 2.92. The molecule has 0 saturated heterocycles. The molecule has 96 valence electrons. The highest BCUT2D eigenvalue weighted by atomic mass is 32.2. The van der Waals surface area contributed by atoms with Crippen molar-refractivity contribution in [3.05, 3.63) is 22.6 Å². The quantitative estimate of drug-likeness (QED) is 0.893. The molecule has 1 aliphatic carbocycles. The third kappa shape index (κ3) is 2.01. The maximum atomic E-state index is 12.0. The van der Waals surface area contributed by atoms with Crippen LogP contribution < -0.4 is 4.72 Å². The molecule has 0 aliphatic heterocycles. The van der Waals surface area contributed by atoms with E-state index >= 15 is 0 Å². The van der Waals surface area contributed by atoms with E-state index in [1.54, 1.807) is 6.92 Å². The Balaban J connectivity index is 1.87. The first kappa shape index (κ1) is 11.7. The van der Waals surface area contributed by atoms with Gasteiger partial charge in [0.25, 0.3) is 10.0 Å². The number of fused-ring (bicyclic) bond motifs is 1. The van der Waals surface area contributed by atoms with E-state index in [-0.39, 0.29) is 5.03 Å². The third-order valence-corrected chi connectivity index (χ3v) is 5.24. The Morgan fingerprint density at radius 2 is 2.28 bits per heavy atom. The molecule has 0 unspecified atom stereocenters. The van der Waals surface area contributed by atoms with Crippen LogP contribution in [0.1, 0.15) is 22.8 Å². The van der Waals surface area contributed by atoms with Crippen LogP contribution in [0.3, 0.4) is 0 Å². The molecule has 0 atom stereocenters. The summed E-state index contributed by atoms with van der Waals surface area (Å²) in [5.41, 5.74) is 1.03. The van der Waals surface area contributed by atoms with Gasteiger partial charge in [-0.1, -0.05) is 0 Å². The van der Waals surface area contributed by atoms with Crippen LogP contribution >= 0.6 is 11.3 Å². The summed E-state index contributed by atoms with van der Waals surface area (Å²) in [5.74, 6) is 0.567. The molecule has 2 aromatic rings. The standard InChI is InChI=1S/C10H12N4O2S2/c1-6-11-5-9(12-6)18(15,16)14-10-13-7-3-2-4-8(7)17-10/h5H,2-4H2,1H3,(H,11,12)(H,13,14). The van der Waals surface area contributed by atoms with Gasteiger partial charge in [-0.3, -0.25) is 4.72 Å². The number of thiazole rings is 1. The summed E-state index contributed by atoms with van der Waals surface area (Å²) in [7, 11) is -3.60. The van der Waals surface area contributed by atoms with Crippen LogP contribution in [0, 0.1) is 6.92 Å². The number of anilines is 1. The molecule has 0 spiro atoms. The molecule has 2 aromatic heterocycles. The predicted molar refractivity (Wildman–Crippen MR) is 68.3 cm³/mol. The lowest BCUT2D eigenvalue weighted by molar-refractivity contribution is 0.598. The molecule has 2 heterocycles. The zero-order chi connectivity index (χ0) is 12.8. The van der Waals surface area contributed by atoms with Gasteiger partial charge in [-0.15, -0.1) is 11.3 Å². The van der Waals surface area contributed by atoms with Crippen LogP contribution in [0.5, 0.6) is 0 Å². The second kappa shape index (κ2) is 4.06. The van der Waals surface area contributed by atoms with E-state index in [2.05, 4.69) is 19.7 Å². The van der Waals surface area contributed by atoms with Crippen molar-refractivity contribution >= 4 is 26.5 Å². The van der Waals surface area contributed by atoms with Gasteiger partial charge in [0, 0.05) is 4.88 Å². The molecule has 2 N–H and O–H groups in total. The highest BCUT2D eigenvalue weighted by Crippen LogP contribution is 2.31. The van der Waals surface area contributed by atoms with Crippen molar-refractivity contribution in [1.82, 2.24) is 15.0 Å². The van der Waals surface area contributed by atoms with E-state index in [4.69, 9.17) is 0 Å². The number of aromatic nitrogens is 3. The monoisotopic (exact) mass is 284 g/mol. The van der Waals surface area contributed by atoms with Crippen LogP contribution in [0.25, 0.3) is 0 Å². The van der Waals surface area contributed by atoms with Gasteiger partial charge in [-0.25, -0.2) is 9.97 Å². The molecule has 0 fully saturated rings. The molecule has 8 heteroatoms. The summed E-state index contributed by atoms with van der Waals surface area (Å²) < 4.78 is 26.5. The van der Waals surface area contributed by atoms with Gasteiger partial charge in [-0.2, -0.15) is 8.42 Å². The Bertz CT molecular complexity index is 665. The molecule has 18 heavy (non-hydrogen) atoms. The number of hydrogen-bond donors (Lipinski definition) is 2. The zero-order valence-corrected chi connectivity index (χ0v) is 11.4. The van der Waals surface area contributed by atoms with E-state index in [0.717, 1.165) is 25.0 Å². The number of aromatic amines is 1. The van der Waals surface area contributed by atoms with Crippen molar-refractivity contribution in [2.45, 2.75) is 31.2 Å². The van der Waals surface area contributed by atoms with Crippen molar-refractivity contribution in [3.8, 4) is 0 Å². The van der Waals surface area contributed by atoms with Crippen LogP contribution in [0.15, 0.2) is 11.2 Å². The minimum absolute atomic E-state index is 0.0651. The minimum Gasteiger partial charge on any atom is -0.332 e. The Morgan fingerprint density at radius 3 is 2.94 bits per heavy atom. The second-order valence-electron chi connectivity index (χ2n) is 4.18. The van der Waals surface area contributed by atoms with Gasteiger partial charge in [-0.05, 0) is 26.2 Å². The summed E-state index contributed by atoms with van der Waals surface area (Å²) in [6.45, 7) is 1.71. The highest BCUT2D eigenvalue weighted by molar-refractivity contribution is 7.92. The fraction of sp³-hybridized carbons (Fsp3) is 0.400. The summed E-state index contributed by atoms with van der Waals surface area (Å²) in [5, 5.41) is 0.502. The molecule has 0 radical (unpaired) electrons. The summed E-state index contributed by atoms with van der Waals surface area (Å²) in [6, 6.07) is 0. The van der Waals surface area contributed by atoms with Crippen molar-refractivity contribution in [1.29, 1.82) is 0 Å². The van der Waals surface area contributed by atoms with Crippen molar-refractivity contribution < 1.29 is 8.42 Å². The first-order chi connectivity index (χ1) is 8.54. The third-order valence-electron chi connectivity index (χ3n) is 2.79. The first-order valence-corrected chi connectivity index (χ1v) is 7.87. The molecule has 0 saturated carbocycles. The highest BCUT2D eigenvalue weighted by Gasteiger charge is 2.22. The van der Waals surface area contributed by atoms with E-state index < -0.39 is 10.0 Å². The van der Waals surface area contributed by atoms with Gasteiger partial charge in [0.2, 0.25) is 0 Å². The summed E-state index contributed by atoms with van der Waals surface area (Å²) in [4.78, 5) is 12.1. The fourth-order valence-electron chi connectivity index (χ4n) is 1.94. The molecule has 3 rings (SSSR count). The van der Waals surface area contributed by atoms with Gasteiger partial charge in [0.05, 0.1) is 11.9 Å². The maximum Gasteiger partial charge on any atom is 0.280 e. The number of imidazole rings is 1. The molecular weight excluding hydrogens is 272 g/mol. The number of nitrogens with zero attached hydrogens (tertiary/aromatic N) is 2. The Hall–Kier alpha value is -1.41. The van der Waals surface area contributed by atoms with Crippen molar-refractivity contribution in [3.63, 3.8) is 0 Å². The molecule has 0 aromatic carbocycles. The normalized spacial score (nSPS) is 14.7. The molecule has 6 nitrogen and oxygen atoms in total. The average molecular weight is 284 g/mol. The summed E-state index contributed by atoms with van der Waals surface area (Å²) >= 11 is 1.41. The van der Waals surface area contributed by atoms with Crippen LogP contribution in [-0.2, 0) is 22.9 Å². The number of hydrogen-bond acceptors (Lipinski definition) is 5. The van der Waals surface area contributed by atoms with E-state index in [1.165, 1.54) is 22.4 Å². The maximum absolute atomic E-state index is 12.0. The van der Waals surface area contributed by atoms with Crippen LogP contribution in [0.4, 0.5) is 5.13 Å². The topological polar surface area (TPSA) is 87.7 Å². The van der Waals surface area contributed by atoms with Crippen molar-refractivity contribution in [2.24, 2.45) is 0 Å². The van der Waals surface area contributed by atoms with Gasteiger partial charge < -0.3 is 4.98 Å². The zero-order valence-electron chi connectivity index (χ0n) is 9.73. The number of nitrogens with one attached hydrogen (secondary N) is 2. The largest absolute Gasteiger partial charge is 0.332 e. The molecule has 0 bridgehead atoms. The first-order valence-electron chi connectivity index (χ1n) is 5.57. The Morgan fingerprint density at radius 1 is 1.44 bits per heavy atom. The SMILES string of the molecule is Cc1ncc(S(=O)(=O)Nc2nc3c(s2)CCC3)[nH]1. The number of H-pyrrole nitrogens is 1. The van der Waals surface area contributed by atoms with Gasteiger partial charge in [0.1, 0.15) is 5.82 Å². The number of aryl methyl sites for hydroxylation is 3. The Labute approximate surface area is 109 Å². The van der Waals surface area contributed by atoms with E-state index in [0.29, 0.717) is 11.0 Å². The lowest BCUT2D eigenvalue weighted by atomic mass is 10.4. The smallest absolute Gasteiger partial charge is 0.280 e. The van der Waals surface area contributed by atoms with Crippen LogP contribution in [-0.4, -0.2) is 23.4 Å². The molecular formula is C10H12N4O2S2. The minimum atomic E-state index is -3.60. The lowest BCUT2D eigenvalue weighted by Gasteiger charge is -2.01. The van der Waals surface area contributed by atoms with Crippen molar-refractivity contribution in [2.75, 3.05) is 4.72 Å². The fourth-order valence-corrected chi connectivity index (χ4v) is 4.19. The second-order valence-corrected chi connectivity index (χ2v) is 6.92.